The molecule has 0 aromatic rings. The Morgan fingerprint density at radius 2 is 2.10 bits per heavy atom. The van der Waals surface area contributed by atoms with E-state index in [-0.39, 0.29) is 5.97 Å². The molecule has 0 aliphatic heterocycles. The fourth-order valence-corrected chi connectivity index (χ4v) is 0.634. The zero-order chi connectivity index (χ0) is 7.98. The molecule has 0 aliphatic rings. The molecule has 0 unspecified atom stereocenters. The molecule has 0 amide bonds. The SMILES string of the molecule is CC/C=C(/C)C(=O)OCC. The van der Waals surface area contributed by atoms with Crippen molar-refractivity contribution < 1.29 is 9.53 Å². The van der Waals surface area contributed by atoms with Crippen LogP contribution in [0.4, 0.5) is 0 Å². The summed E-state index contributed by atoms with van der Waals surface area (Å²) < 4.78 is 4.75. The van der Waals surface area contributed by atoms with Crippen LogP contribution in [0.25, 0.3) is 0 Å². The van der Waals surface area contributed by atoms with E-state index in [2.05, 4.69) is 0 Å². The minimum absolute atomic E-state index is 0.204. The molecule has 0 bridgehead atoms. The van der Waals surface area contributed by atoms with Gasteiger partial charge in [0.1, 0.15) is 0 Å². The van der Waals surface area contributed by atoms with Crippen LogP contribution in [-0.4, -0.2) is 12.6 Å². The maximum atomic E-state index is 10.8. The summed E-state index contributed by atoms with van der Waals surface area (Å²) >= 11 is 0. The summed E-state index contributed by atoms with van der Waals surface area (Å²) in [6.45, 7) is 6.01. The van der Waals surface area contributed by atoms with E-state index in [1.165, 1.54) is 0 Å². The monoisotopic (exact) mass is 142 g/mol. The van der Waals surface area contributed by atoms with Crippen molar-refractivity contribution in [2.75, 3.05) is 6.61 Å². The quantitative estimate of drug-likeness (QED) is 0.444. The van der Waals surface area contributed by atoms with Crippen molar-refractivity contribution in [2.24, 2.45) is 0 Å². The average molecular weight is 142 g/mol. The third-order valence-corrected chi connectivity index (χ3v) is 1.11. The third kappa shape index (κ3) is 3.28. The number of hydrogen-bond acceptors (Lipinski definition) is 2. The summed E-state index contributed by atoms with van der Waals surface area (Å²) in [4.78, 5) is 10.8. The first-order valence-corrected chi connectivity index (χ1v) is 3.56. The standard InChI is InChI=1S/C8H14O2/c1-4-6-7(3)8(9)10-5-2/h6H,4-5H2,1-3H3/b7-6-. The minimum atomic E-state index is -0.204. The highest BCUT2D eigenvalue weighted by atomic mass is 16.5. The Hall–Kier alpha value is -0.790. The summed E-state index contributed by atoms with van der Waals surface area (Å²) in [7, 11) is 0. The van der Waals surface area contributed by atoms with E-state index in [1.54, 1.807) is 13.8 Å². The predicted octanol–water partition coefficient (Wildman–Crippen LogP) is 1.91. The van der Waals surface area contributed by atoms with E-state index < -0.39 is 0 Å². The molecule has 0 N–H and O–H groups in total. The Morgan fingerprint density at radius 3 is 2.50 bits per heavy atom. The van der Waals surface area contributed by atoms with Crippen LogP contribution in [0.2, 0.25) is 0 Å². The molecule has 0 saturated carbocycles. The van der Waals surface area contributed by atoms with Gasteiger partial charge in [0.2, 0.25) is 0 Å². The maximum Gasteiger partial charge on any atom is 0.333 e. The van der Waals surface area contributed by atoms with Crippen LogP contribution in [0.5, 0.6) is 0 Å². The normalized spacial score (nSPS) is 11.3. The molecular formula is C8H14O2. The number of esters is 1. The van der Waals surface area contributed by atoms with Gasteiger partial charge >= 0.3 is 5.97 Å². The van der Waals surface area contributed by atoms with Gasteiger partial charge in [0.25, 0.3) is 0 Å². The van der Waals surface area contributed by atoms with Gasteiger partial charge in [-0.2, -0.15) is 0 Å². The van der Waals surface area contributed by atoms with Crippen molar-refractivity contribution in [3.8, 4) is 0 Å². The van der Waals surface area contributed by atoms with Crippen molar-refractivity contribution in [2.45, 2.75) is 27.2 Å². The van der Waals surface area contributed by atoms with E-state index >= 15 is 0 Å². The van der Waals surface area contributed by atoms with Crippen LogP contribution < -0.4 is 0 Å². The Morgan fingerprint density at radius 1 is 1.50 bits per heavy atom. The number of carbonyl (C=O) groups excluding carboxylic acids is 1. The second-order valence-electron chi connectivity index (χ2n) is 2.02. The molecule has 0 heterocycles. The number of rotatable bonds is 3. The van der Waals surface area contributed by atoms with E-state index in [0.717, 1.165) is 6.42 Å². The summed E-state index contributed by atoms with van der Waals surface area (Å²) in [6.07, 6.45) is 2.74. The number of hydrogen-bond donors (Lipinski definition) is 0. The summed E-state index contributed by atoms with van der Waals surface area (Å²) in [5, 5.41) is 0. The fraction of sp³-hybridized carbons (Fsp3) is 0.625. The highest BCUT2D eigenvalue weighted by molar-refractivity contribution is 5.87. The van der Waals surface area contributed by atoms with Gasteiger partial charge in [0, 0.05) is 5.57 Å². The van der Waals surface area contributed by atoms with Gasteiger partial charge in [-0.1, -0.05) is 13.0 Å². The number of allylic oxidation sites excluding steroid dienone is 1. The molecule has 0 spiro atoms. The molecule has 0 aromatic heterocycles. The first kappa shape index (κ1) is 9.21. The van der Waals surface area contributed by atoms with Gasteiger partial charge in [-0.3, -0.25) is 0 Å². The van der Waals surface area contributed by atoms with Gasteiger partial charge in [0.15, 0.2) is 0 Å². The molecular weight excluding hydrogens is 128 g/mol. The summed E-state index contributed by atoms with van der Waals surface area (Å²) in [6, 6.07) is 0. The largest absolute Gasteiger partial charge is 0.463 e. The Bertz CT molecular complexity index is 136. The zero-order valence-corrected chi connectivity index (χ0v) is 6.81. The lowest BCUT2D eigenvalue weighted by Gasteiger charge is -1.99. The molecule has 0 aromatic carbocycles. The fourth-order valence-electron chi connectivity index (χ4n) is 0.634. The van der Waals surface area contributed by atoms with Crippen molar-refractivity contribution in [3.63, 3.8) is 0 Å². The third-order valence-electron chi connectivity index (χ3n) is 1.11. The van der Waals surface area contributed by atoms with Crippen LogP contribution in [0.1, 0.15) is 27.2 Å². The predicted molar refractivity (Wildman–Crippen MR) is 40.7 cm³/mol. The number of ether oxygens (including phenoxy) is 1. The second-order valence-corrected chi connectivity index (χ2v) is 2.02. The smallest absolute Gasteiger partial charge is 0.333 e. The van der Waals surface area contributed by atoms with Crippen LogP contribution in [0.3, 0.4) is 0 Å². The second kappa shape index (κ2) is 5.03. The topological polar surface area (TPSA) is 26.3 Å². The van der Waals surface area contributed by atoms with E-state index in [4.69, 9.17) is 4.74 Å². The Labute approximate surface area is 61.9 Å². The van der Waals surface area contributed by atoms with Crippen molar-refractivity contribution in [1.29, 1.82) is 0 Å². The molecule has 2 heteroatoms. The molecule has 0 atom stereocenters. The molecule has 58 valence electrons. The highest BCUT2D eigenvalue weighted by Crippen LogP contribution is 1.97. The van der Waals surface area contributed by atoms with Crippen LogP contribution >= 0.6 is 0 Å². The first-order chi connectivity index (χ1) is 4.72. The van der Waals surface area contributed by atoms with E-state index in [9.17, 15) is 4.79 Å². The zero-order valence-electron chi connectivity index (χ0n) is 6.81. The minimum Gasteiger partial charge on any atom is -0.463 e. The molecule has 2 nitrogen and oxygen atoms in total. The Balaban J connectivity index is 3.82. The van der Waals surface area contributed by atoms with Gasteiger partial charge in [0.05, 0.1) is 6.61 Å². The van der Waals surface area contributed by atoms with Crippen molar-refractivity contribution >= 4 is 5.97 Å². The lowest BCUT2D eigenvalue weighted by atomic mass is 10.2. The lowest BCUT2D eigenvalue weighted by molar-refractivity contribution is -0.138. The molecule has 10 heavy (non-hydrogen) atoms. The Kier molecular flexibility index (Phi) is 4.63. The summed E-state index contributed by atoms with van der Waals surface area (Å²) in [5.41, 5.74) is 0.698. The molecule has 0 radical (unpaired) electrons. The average Bonchev–Trinajstić information content (AvgIpc) is 1.89. The molecule has 0 aliphatic carbocycles. The van der Waals surface area contributed by atoms with Crippen LogP contribution in [-0.2, 0) is 9.53 Å². The van der Waals surface area contributed by atoms with Crippen molar-refractivity contribution in [3.05, 3.63) is 11.6 Å². The molecule has 0 rings (SSSR count). The van der Waals surface area contributed by atoms with Gasteiger partial charge in [-0.05, 0) is 20.3 Å². The molecule has 0 fully saturated rings. The number of carbonyl (C=O) groups is 1. The van der Waals surface area contributed by atoms with Gasteiger partial charge < -0.3 is 4.74 Å². The van der Waals surface area contributed by atoms with E-state index in [0.29, 0.717) is 12.2 Å². The summed E-state index contributed by atoms with van der Waals surface area (Å²) in [5.74, 6) is -0.204. The van der Waals surface area contributed by atoms with Crippen LogP contribution in [0, 0.1) is 0 Å². The van der Waals surface area contributed by atoms with Gasteiger partial charge in [-0.15, -0.1) is 0 Å². The lowest BCUT2D eigenvalue weighted by Crippen LogP contribution is -2.04. The first-order valence-electron chi connectivity index (χ1n) is 3.56. The van der Waals surface area contributed by atoms with Gasteiger partial charge in [-0.25, -0.2) is 4.79 Å². The van der Waals surface area contributed by atoms with Crippen molar-refractivity contribution in [1.82, 2.24) is 0 Å². The maximum absolute atomic E-state index is 10.8. The van der Waals surface area contributed by atoms with Crippen LogP contribution in [0.15, 0.2) is 11.6 Å². The highest BCUT2D eigenvalue weighted by Gasteiger charge is 2.01. The van der Waals surface area contributed by atoms with E-state index in [1.807, 2.05) is 13.0 Å². The molecule has 0 saturated heterocycles.